The highest BCUT2D eigenvalue weighted by molar-refractivity contribution is 6.10. The summed E-state index contributed by atoms with van der Waals surface area (Å²) in [5.74, 6) is 0. The Bertz CT molecular complexity index is 2500. The van der Waals surface area contributed by atoms with Crippen LogP contribution in [0.3, 0.4) is 0 Å². The molecule has 236 valence electrons. The monoisotopic (exact) mass is 638 g/mol. The van der Waals surface area contributed by atoms with Gasteiger partial charge >= 0.3 is 0 Å². The normalized spacial score (nSPS) is 11.2. The predicted octanol–water partition coefficient (Wildman–Crippen LogP) is 13.3. The van der Waals surface area contributed by atoms with E-state index in [9.17, 15) is 0 Å². The van der Waals surface area contributed by atoms with Crippen molar-refractivity contribution in [1.82, 2.24) is 4.57 Å². The standard InChI is InChI=1S/C48H34N2/c1-4-15-35(16-5-1)38-21-12-23-41(31-38)49(42-24-13-22-39(32-42)36-17-6-2-7-18-36)43-25-14-26-44(34-43)50-47-28-11-10-27-45(47)46-33-40(29-30-48(46)50)37-19-8-3-9-20-37/h1-34H. The van der Waals surface area contributed by atoms with Crippen LogP contribution in [-0.2, 0) is 0 Å². The van der Waals surface area contributed by atoms with Gasteiger partial charge in [0.1, 0.15) is 0 Å². The minimum atomic E-state index is 1.09. The Labute approximate surface area is 292 Å². The zero-order valence-electron chi connectivity index (χ0n) is 27.5. The van der Waals surface area contributed by atoms with E-state index in [1.165, 1.54) is 55.2 Å². The van der Waals surface area contributed by atoms with Crippen molar-refractivity contribution in [3.8, 4) is 39.1 Å². The summed E-state index contributed by atoms with van der Waals surface area (Å²) in [5.41, 5.74) is 14.0. The zero-order chi connectivity index (χ0) is 33.3. The summed E-state index contributed by atoms with van der Waals surface area (Å²) in [6, 6.07) is 74.1. The van der Waals surface area contributed by atoms with Crippen LogP contribution in [0.25, 0.3) is 60.9 Å². The molecular weight excluding hydrogens is 605 g/mol. The van der Waals surface area contributed by atoms with Gasteiger partial charge in [-0.15, -0.1) is 0 Å². The lowest BCUT2D eigenvalue weighted by atomic mass is 10.0. The second-order valence-corrected chi connectivity index (χ2v) is 12.6. The van der Waals surface area contributed by atoms with Gasteiger partial charge in [0, 0.05) is 33.5 Å². The number of nitrogens with zero attached hydrogens (tertiary/aromatic N) is 2. The van der Waals surface area contributed by atoms with E-state index in [1.54, 1.807) is 0 Å². The third-order valence-corrected chi connectivity index (χ3v) is 9.55. The quantitative estimate of drug-likeness (QED) is 0.169. The van der Waals surface area contributed by atoms with E-state index in [0.717, 1.165) is 22.7 Å². The van der Waals surface area contributed by atoms with Gasteiger partial charge in [0.05, 0.1) is 11.0 Å². The maximum atomic E-state index is 2.40. The molecule has 0 aliphatic heterocycles. The highest BCUT2D eigenvalue weighted by atomic mass is 15.1. The van der Waals surface area contributed by atoms with Crippen LogP contribution in [-0.4, -0.2) is 4.57 Å². The summed E-state index contributed by atoms with van der Waals surface area (Å²) in [6.07, 6.45) is 0. The lowest BCUT2D eigenvalue weighted by Gasteiger charge is -2.27. The predicted molar refractivity (Wildman–Crippen MR) is 212 cm³/mol. The molecule has 0 radical (unpaired) electrons. The van der Waals surface area contributed by atoms with Gasteiger partial charge < -0.3 is 9.47 Å². The van der Waals surface area contributed by atoms with Gasteiger partial charge in [-0.3, -0.25) is 0 Å². The summed E-state index contributed by atoms with van der Waals surface area (Å²) in [5, 5.41) is 2.49. The van der Waals surface area contributed by atoms with E-state index in [4.69, 9.17) is 0 Å². The first-order valence-electron chi connectivity index (χ1n) is 17.1. The van der Waals surface area contributed by atoms with Gasteiger partial charge in [0.2, 0.25) is 0 Å². The summed E-state index contributed by atoms with van der Waals surface area (Å²) in [7, 11) is 0. The van der Waals surface area contributed by atoms with Crippen molar-refractivity contribution < 1.29 is 0 Å². The first kappa shape index (κ1) is 29.5. The lowest BCUT2D eigenvalue weighted by Crippen LogP contribution is -2.11. The molecule has 0 bridgehead atoms. The number of aromatic nitrogens is 1. The Balaban J connectivity index is 1.23. The smallest absolute Gasteiger partial charge is 0.0541 e. The van der Waals surface area contributed by atoms with Gasteiger partial charge in [-0.1, -0.05) is 146 Å². The molecule has 8 aromatic carbocycles. The topological polar surface area (TPSA) is 8.17 Å². The Kier molecular flexibility index (Phi) is 7.53. The number of hydrogen-bond donors (Lipinski definition) is 0. The molecule has 2 nitrogen and oxygen atoms in total. The van der Waals surface area contributed by atoms with Crippen LogP contribution < -0.4 is 4.90 Å². The van der Waals surface area contributed by atoms with Crippen LogP contribution in [0.1, 0.15) is 0 Å². The average molecular weight is 639 g/mol. The number of anilines is 3. The molecule has 9 rings (SSSR count). The maximum Gasteiger partial charge on any atom is 0.0541 e. The largest absolute Gasteiger partial charge is 0.310 e. The van der Waals surface area contributed by atoms with Crippen LogP contribution in [0.5, 0.6) is 0 Å². The zero-order valence-corrected chi connectivity index (χ0v) is 27.5. The third kappa shape index (κ3) is 5.43. The van der Waals surface area contributed by atoms with E-state index in [1.807, 2.05) is 0 Å². The molecular formula is C48H34N2. The minimum absolute atomic E-state index is 1.09. The van der Waals surface area contributed by atoms with E-state index >= 15 is 0 Å². The second-order valence-electron chi connectivity index (χ2n) is 12.6. The summed E-state index contributed by atoms with van der Waals surface area (Å²) < 4.78 is 2.40. The molecule has 1 aromatic heterocycles. The molecule has 2 heteroatoms. The van der Waals surface area contributed by atoms with Crippen LogP contribution >= 0.6 is 0 Å². The van der Waals surface area contributed by atoms with Crippen LogP contribution in [0.4, 0.5) is 17.1 Å². The van der Waals surface area contributed by atoms with E-state index in [0.29, 0.717) is 0 Å². The molecule has 0 atom stereocenters. The van der Waals surface area contributed by atoms with Gasteiger partial charge in [-0.05, 0) is 94.0 Å². The molecule has 0 saturated heterocycles. The number of para-hydroxylation sites is 1. The number of hydrogen-bond acceptors (Lipinski definition) is 1. The fourth-order valence-corrected chi connectivity index (χ4v) is 7.19. The number of benzene rings is 8. The fraction of sp³-hybridized carbons (Fsp3) is 0. The second kappa shape index (κ2) is 12.8. The van der Waals surface area contributed by atoms with Crippen molar-refractivity contribution in [2.24, 2.45) is 0 Å². The third-order valence-electron chi connectivity index (χ3n) is 9.55. The van der Waals surface area contributed by atoms with Crippen LogP contribution in [0, 0.1) is 0 Å². The number of rotatable bonds is 7. The Morgan fingerprint density at radius 1 is 0.280 bits per heavy atom. The van der Waals surface area contributed by atoms with E-state index < -0.39 is 0 Å². The molecule has 9 aromatic rings. The minimum Gasteiger partial charge on any atom is -0.310 e. The molecule has 0 unspecified atom stereocenters. The van der Waals surface area contributed by atoms with Crippen molar-refractivity contribution in [2.75, 3.05) is 4.90 Å². The fourth-order valence-electron chi connectivity index (χ4n) is 7.19. The van der Waals surface area contributed by atoms with Crippen molar-refractivity contribution in [2.45, 2.75) is 0 Å². The molecule has 0 spiro atoms. The average Bonchev–Trinajstić information content (AvgIpc) is 3.53. The molecule has 50 heavy (non-hydrogen) atoms. The highest BCUT2D eigenvalue weighted by Crippen LogP contribution is 2.40. The van der Waals surface area contributed by atoms with Crippen LogP contribution in [0.15, 0.2) is 206 Å². The van der Waals surface area contributed by atoms with Gasteiger partial charge in [-0.25, -0.2) is 0 Å². The molecule has 0 saturated carbocycles. The molecule has 0 N–H and O–H groups in total. The Hall–Kier alpha value is -6.64. The van der Waals surface area contributed by atoms with Gasteiger partial charge in [0.15, 0.2) is 0 Å². The summed E-state index contributed by atoms with van der Waals surface area (Å²) in [4.78, 5) is 2.38. The SMILES string of the molecule is c1ccc(-c2cccc(N(c3cccc(-c4ccccc4)c3)c3cccc(-n4c5ccccc5c5cc(-c6ccccc6)ccc54)c3)c2)cc1. The molecule has 0 aliphatic carbocycles. The van der Waals surface area contributed by atoms with Crippen molar-refractivity contribution in [3.63, 3.8) is 0 Å². The molecule has 0 aliphatic rings. The first-order chi connectivity index (χ1) is 24.8. The van der Waals surface area contributed by atoms with E-state index in [2.05, 4.69) is 216 Å². The molecule has 0 amide bonds. The molecule has 0 fully saturated rings. The highest BCUT2D eigenvalue weighted by Gasteiger charge is 2.18. The van der Waals surface area contributed by atoms with Gasteiger partial charge in [-0.2, -0.15) is 0 Å². The number of fused-ring (bicyclic) bond motifs is 3. The Morgan fingerprint density at radius 3 is 1.30 bits per heavy atom. The Morgan fingerprint density at radius 2 is 0.720 bits per heavy atom. The maximum absolute atomic E-state index is 2.40. The van der Waals surface area contributed by atoms with Crippen molar-refractivity contribution in [1.29, 1.82) is 0 Å². The first-order valence-corrected chi connectivity index (χ1v) is 17.1. The van der Waals surface area contributed by atoms with Gasteiger partial charge in [0.25, 0.3) is 0 Å². The van der Waals surface area contributed by atoms with Crippen molar-refractivity contribution in [3.05, 3.63) is 206 Å². The van der Waals surface area contributed by atoms with Crippen LogP contribution in [0.2, 0.25) is 0 Å². The summed E-state index contributed by atoms with van der Waals surface area (Å²) >= 11 is 0. The lowest BCUT2D eigenvalue weighted by molar-refractivity contribution is 1.17. The van der Waals surface area contributed by atoms with E-state index in [-0.39, 0.29) is 0 Å². The van der Waals surface area contributed by atoms with Crippen molar-refractivity contribution >= 4 is 38.9 Å². The summed E-state index contributed by atoms with van der Waals surface area (Å²) in [6.45, 7) is 0. The molecule has 1 heterocycles.